The van der Waals surface area contributed by atoms with E-state index in [1.54, 1.807) is 7.11 Å². The zero-order valence-corrected chi connectivity index (χ0v) is 13.9. The zero-order chi connectivity index (χ0) is 16.3. The number of ether oxygens (including phenoxy) is 1. The number of nitrogens with one attached hydrogen (secondary N) is 1. The Kier molecular flexibility index (Phi) is 3.20. The van der Waals surface area contributed by atoms with Crippen LogP contribution in [0.2, 0.25) is 0 Å². The average molecular weight is 325 g/mol. The molecule has 3 aliphatic rings. The number of para-hydroxylation sites is 2. The van der Waals surface area contributed by atoms with Crippen molar-refractivity contribution in [3.63, 3.8) is 0 Å². The Morgan fingerprint density at radius 3 is 3.04 bits per heavy atom. The lowest BCUT2D eigenvalue weighted by Crippen LogP contribution is -2.44. The van der Waals surface area contributed by atoms with Gasteiger partial charge in [0.2, 0.25) is 5.91 Å². The lowest BCUT2D eigenvalue weighted by Gasteiger charge is -2.31. The van der Waals surface area contributed by atoms with E-state index in [9.17, 15) is 4.79 Å². The summed E-state index contributed by atoms with van der Waals surface area (Å²) in [6.45, 7) is 0.935. The Balaban J connectivity index is 1.29. The standard InChI is InChI=1S/C19H23N3O2/c1-24-19-11-8-12-10-22(18(19)13(12)9-11)17(23)7-6-16-20-14-4-2-3-5-15(14)21-16/h2-5,11-13,18-19H,6-10H2,1H3,(H,20,21). The van der Waals surface area contributed by atoms with Gasteiger partial charge in [-0.15, -0.1) is 0 Å². The van der Waals surface area contributed by atoms with Gasteiger partial charge in [-0.2, -0.15) is 0 Å². The molecule has 1 aromatic heterocycles. The lowest BCUT2D eigenvalue weighted by atomic mass is 9.88. The van der Waals surface area contributed by atoms with Crippen LogP contribution >= 0.6 is 0 Å². The summed E-state index contributed by atoms with van der Waals surface area (Å²) in [7, 11) is 1.80. The van der Waals surface area contributed by atoms with Crippen molar-refractivity contribution in [1.29, 1.82) is 0 Å². The van der Waals surface area contributed by atoms with Crippen LogP contribution in [-0.4, -0.2) is 46.6 Å². The third-order valence-electron chi connectivity index (χ3n) is 6.42. The number of methoxy groups -OCH3 is 1. The van der Waals surface area contributed by atoms with Gasteiger partial charge in [0.15, 0.2) is 0 Å². The highest BCUT2D eigenvalue weighted by molar-refractivity contribution is 5.78. The molecule has 1 aliphatic heterocycles. The fourth-order valence-corrected chi connectivity index (χ4v) is 5.50. The maximum absolute atomic E-state index is 12.8. The molecule has 24 heavy (non-hydrogen) atoms. The topological polar surface area (TPSA) is 58.2 Å². The van der Waals surface area contributed by atoms with E-state index in [0.29, 0.717) is 36.6 Å². The summed E-state index contributed by atoms with van der Waals surface area (Å²) < 4.78 is 5.75. The number of carbonyl (C=O) groups excluding carboxylic acids is 1. The van der Waals surface area contributed by atoms with Crippen molar-refractivity contribution < 1.29 is 9.53 Å². The molecule has 2 aliphatic carbocycles. The average Bonchev–Trinajstić information content (AvgIpc) is 3.30. The first-order valence-electron chi connectivity index (χ1n) is 9.00. The number of rotatable bonds is 4. The van der Waals surface area contributed by atoms with Gasteiger partial charge in [0.1, 0.15) is 5.82 Å². The highest BCUT2D eigenvalue weighted by Gasteiger charge is 2.60. The monoisotopic (exact) mass is 325 g/mol. The molecule has 5 unspecified atom stereocenters. The molecule has 0 radical (unpaired) electrons. The first-order chi connectivity index (χ1) is 11.7. The summed E-state index contributed by atoms with van der Waals surface area (Å²) in [6, 6.07) is 8.32. The molecule has 5 rings (SSSR count). The highest BCUT2D eigenvalue weighted by Crippen LogP contribution is 2.55. The van der Waals surface area contributed by atoms with Gasteiger partial charge in [-0.3, -0.25) is 4.79 Å². The summed E-state index contributed by atoms with van der Waals surface area (Å²) in [6.07, 6.45) is 3.95. The largest absolute Gasteiger partial charge is 0.379 e. The predicted molar refractivity (Wildman–Crippen MR) is 90.4 cm³/mol. The van der Waals surface area contributed by atoms with Crippen molar-refractivity contribution in [3.8, 4) is 0 Å². The second-order valence-electron chi connectivity index (χ2n) is 7.59. The number of aromatic nitrogens is 2. The normalized spacial score (nSPS) is 33.7. The number of H-pyrrole nitrogens is 1. The van der Waals surface area contributed by atoms with E-state index >= 15 is 0 Å². The number of nitrogens with zero attached hydrogens (tertiary/aromatic N) is 2. The van der Waals surface area contributed by atoms with Gasteiger partial charge in [0.05, 0.1) is 23.2 Å². The Morgan fingerprint density at radius 1 is 1.33 bits per heavy atom. The Hall–Kier alpha value is -1.88. The number of likely N-dealkylation sites (tertiary alicyclic amines) is 1. The van der Waals surface area contributed by atoms with Gasteiger partial charge in [-0.05, 0) is 42.7 Å². The van der Waals surface area contributed by atoms with E-state index < -0.39 is 0 Å². The Labute approximate surface area is 141 Å². The van der Waals surface area contributed by atoms with Crippen molar-refractivity contribution >= 4 is 16.9 Å². The van der Waals surface area contributed by atoms with Gasteiger partial charge in [-0.1, -0.05) is 12.1 Å². The van der Waals surface area contributed by atoms with Gasteiger partial charge in [-0.25, -0.2) is 4.98 Å². The zero-order valence-electron chi connectivity index (χ0n) is 13.9. The van der Waals surface area contributed by atoms with Crippen LogP contribution < -0.4 is 0 Å². The number of fused-ring (bicyclic) bond motifs is 2. The first-order valence-corrected chi connectivity index (χ1v) is 9.00. The van der Waals surface area contributed by atoms with Crippen molar-refractivity contribution in [1.82, 2.24) is 14.9 Å². The van der Waals surface area contributed by atoms with Crippen molar-refractivity contribution in [3.05, 3.63) is 30.1 Å². The molecule has 5 heteroatoms. The number of amides is 1. The minimum atomic E-state index is 0.254. The van der Waals surface area contributed by atoms with Gasteiger partial charge in [0, 0.05) is 26.5 Å². The van der Waals surface area contributed by atoms with Crippen LogP contribution in [0, 0.1) is 17.8 Å². The number of hydrogen-bond acceptors (Lipinski definition) is 3. The number of hydrogen-bond donors (Lipinski definition) is 1. The van der Waals surface area contributed by atoms with Crippen LogP contribution in [0.4, 0.5) is 0 Å². The summed E-state index contributed by atoms with van der Waals surface area (Å²) in [5.74, 6) is 3.22. The number of aromatic amines is 1. The van der Waals surface area contributed by atoms with Crippen molar-refractivity contribution in [2.75, 3.05) is 13.7 Å². The smallest absolute Gasteiger partial charge is 0.223 e. The van der Waals surface area contributed by atoms with E-state index in [-0.39, 0.29) is 12.0 Å². The maximum atomic E-state index is 12.8. The van der Waals surface area contributed by atoms with Gasteiger partial charge >= 0.3 is 0 Å². The fraction of sp³-hybridized carbons (Fsp3) is 0.579. The Morgan fingerprint density at radius 2 is 2.21 bits per heavy atom. The summed E-state index contributed by atoms with van der Waals surface area (Å²) >= 11 is 0. The number of imidazole rings is 1. The molecule has 3 fully saturated rings. The molecule has 2 aromatic rings. The van der Waals surface area contributed by atoms with Gasteiger partial charge in [0.25, 0.3) is 0 Å². The predicted octanol–water partition coefficient (Wildman–Crippen LogP) is 2.38. The van der Waals surface area contributed by atoms with E-state index in [2.05, 4.69) is 14.9 Å². The quantitative estimate of drug-likeness (QED) is 0.939. The summed E-state index contributed by atoms with van der Waals surface area (Å²) in [5.41, 5.74) is 2.01. The molecule has 1 saturated heterocycles. The molecular weight excluding hydrogens is 302 g/mol. The molecule has 2 saturated carbocycles. The minimum absolute atomic E-state index is 0.254. The van der Waals surface area contributed by atoms with Crippen LogP contribution in [0.15, 0.2) is 24.3 Å². The van der Waals surface area contributed by atoms with Crippen LogP contribution in [0.25, 0.3) is 11.0 Å². The second kappa shape index (κ2) is 5.31. The molecule has 5 atom stereocenters. The third-order valence-corrected chi connectivity index (χ3v) is 6.42. The maximum Gasteiger partial charge on any atom is 0.223 e. The molecule has 2 heterocycles. The molecular formula is C19H23N3O2. The van der Waals surface area contributed by atoms with Crippen LogP contribution in [0.1, 0.15) is 25.1 Å². The fourth-order valence-electron chi connectivity index (χ4n) is 5.50. The van der Waals surface area contributed by atoms with Crippen molar-refractivity contribution in [2.45, 2.75) is 37.8 Å². The molecule has 1 N–H and O–H groups in total. The number of benzene rings is 1. The van der Waals surface area contributed by atoms with E-state index in [1.165, 1.54) is 12.8 Å². The molecule has 126 valence electrons. The Bertz CT molecular complexity index is 751. The first kappa shape index (κ1) is 14.5. The number of carbonyl (C=O) groups is 1. The highest BCUT2D eigenvalue weighted by atomic mass is 16.5. The molecule has 1 aromatic carbocycles. The molecule has 0 spiro atoms. The molecule has 2 bridgehead atoms. The minimum Gasteiger partial charge on any atom is -0.379 e. The van der Waals surface area contributed by atoms with Crippen molar-refractivity contribution in [2.24, 2.45) is 17.8 Å². The molecule has 1 amide bonds. The SMILES string of the molecule is COC1C2CC3CN(C(=O)CCc4nc5ccccc5[nH]4)C1C3C2. The lowest BCUT2D eigenvalue weighted by molar-refractivity contribution is -0.134. The van der Waals surface area contributed by atoms with Crippen LogP contribution in [0.5, 0.6) is 0 Å². The number of aryl methyl sites for hydroxylation is 1. The van der Waals surface area contributed by atoms with Crippen LogP contribution in [0.3, 0.4) is 0 Å². The van der Waals surface area contributed by atoms with Gasteiger partial charge < -0.3 is 14.6 Å². The molecule has 5 nitrogen and oxygen atoms in total. The van der Waals surface area contributed by atoms with E-state index in [4.69, 9.17) is 4.74 Å². The third kappa shape index (κ3) is 2.04. The second-order valence-corrected chi connectivity index (χ2v) is 7.59. The van der Waals surface area contributed by atoms with E-state index in [0.717, 1.165) is 23.4 Å². The summed E-state index contributed by atoms with van der Waals surface area (Å²) in [5, 5.41) is 0. The van der Waals surface area contributed by atoms with Crippen LogP contribution in [-0.2, 0) is 16.0 Å². The van der Waals surface area contributed by atoms with E-state index in [1.807, 2.05) is 24.3 Å². The summed E-state index contributed by atoms with van der Waals surface area (Å²) in [4.78, 5) is 22.9.